The Morgan fingerprint density at radius 2 is 1.16 bits per heavy atom. The molecule has 0 bridgehead atoms. The molecule has 8 rings (SSSR count). The van der Waals surface area contributed by atoms with Gasteiger partial charge in [0.2, 0.25) is 0 Å². The predicted octanol–water partition coefficient (Wildman–Crippen LogP) is 13.4. The molecule has 0 radical (unpaired) electrons. The molecular formula is C54H70OP2. The van der Waals surface area contributed by atoms with Crippen molar-refractivity contribution in [3.8, 4) is 0 Å². The summed E-state index contributed by atoms with van der Waals surface area (Å²) in [5.74, 6) is 5.30. The summed E-state index contributed by atoms with van der Waals surface area (Å²) in [5, 5.41) is 6.32. The second kappa shape index (κ2) is 18.4. The molecule has 8 atom stereocenters. The van der Waals surface area contributed by atoms with Crippen LogP contribution in [0.3, 0.4) is 0 Å². The Morgan fingerprint density at radius 1 is 0.614 bits per heavy atom. The Bertz CT molecular complexity index is 1710. The Balaban J connectivity index is 0.999. The minimum absolute atomic E-state index is 0.331. The maximum Gasteiger partial charge on any atom is 0.0612 e. The summed E-state index contributed by atoms with van der Waals surface area (Å²) in [6.07, 6.45) is 19.2. The molecule has 3 unspecified atom stereocenters. The summed E-state index contributed by atoms with van der Waals surface area (Å²) >= 11 is 0. The van der Waals surface area contributed by atoms with Crippen molar-refractivity contribution in [1.82, 2.24) is 0 Å². The first-order valence-corrected chi connectivity index (χ1v) is 25.7. The molecule has 0 spiro atoms. The number of allylic oxidation sites excluding steroid dienone is 1. The van der Waals surface area contributed by atoms with Gasteiger partial charge in [0, 0.05) is 12.0 Å². The van der Waals surface area contributed by atoms with Crippen LogP contribution in [0.2, 0.25) is 0 Å². The van der Waals surface area contributed by atoms with Crippen LogP contribution in [-0.2, 0) is 4.74 Å². The molecule has 302 valence electrons. The van der Waals surface area contributed by atoms with Crippen LogP contribution in [0.5, 0.6) is 0 Å². The van der Waals surface area contributed by atoms with Crippen LogP contribution < -0.4 is 21.2 Å². The molecule has 57 heavy (non-hydrogen) atoms. The summed E-state index contributed by atoms with van der Waals surface area (Å²) in [7, 11) is -1.29. The first-order chi connectivity index (χ1) is 27.8. The standard InChI is InChI=1S/C54H70OP2/c1-40(2)19-18-20-41(3)49-31-32-50-48-30-29-42-39-43(33-36-53(42,4)51(48)34-37-54(49,50)5)55-38-35-52(56(44-21-10-6-11-22-44)45-23-12-7-13-24-45)57(46-25-14-8-15-26-46)47-27-16-9-17-28-47/h6-17,21-29,40-41,43,48-52H,18-20,30-39H2,1-5H3/t41-,43+,48?,49-,50?,51?,53+,54-/m1/s1. The molecule has 4 aliphatic carbocycles. The van der Waals surface area contributed by atoms with Gasteiger partial charge in [-0.05, 0) is 141 Å². The first kappa shape index (κ1) is 41.2. The third-order valence-electron chi connectivity index (χ3n) is 15.7. The van der Waals surface area contributed by atoms with Gasteiger partial charge in [-0.1, -0.05) is 187 Å². The van der Waals surface area contributed by atoms with Crippen LogP contribution in [0.4, 0.5) is 0 Å². The number of ether oxygens (including phenoxy) is 1. The molecule has 0 aliphatic heterocycles. The van der Waals surface area contributed by atoms with Gasteiger partial charge in [0.05, 0.1) is 6.10 Å². The van der Waals surface area contributed by atoms with Crippen molar-refractivity contribution in [2.24, 2.45) is 46.3 Å². The van der Waals surface area contributed by atoms with E-state index in [4.69, 9.17) is 4.74 Å². The fraction of sp³-hybridized carbons (Fsp3) is 0.519. The molecule has 3 heteroatoms. The number of rotatable bonds is 15. The topological polar surface area (TPSA) is 9.23 Å². The zero-order valence-electron chi connectivity index (χ0n) is 35.7. The van der Waals surface area contributed by atoms with Crippen LogP contribution in [0.1, 0.15) is 112 Å². The van der Waals surface area contributed by atoms with E-state index >= 15 is 0 Å². The van der Waals surface area contributed by atoms with Crippen LogP contribution in [0, 0.1) is 46.3 Å². The average molecular weight is 797 g/mol. The van der Waals surface area contributed by atoms with Crippen molar-refractivity contribution in [2.75, 3.05) is 6.61 Å². The summed E-state index contributed by atoms with van der Waals surface area (Å²) in [6, 6.07) is 45.7. The number of hydrogen-bond acceptors (Lipinski definition) is 1. The fourth-order valence-electron chi connectivity index (χ4n) is 12.8. The van der Waals surface area contributed by atoms with Crippen molar-refractivity contribution in [3.63, 3.8) is 0 Å². The number of hydrogen-bond donors (Lipinski definition) is 0. The van der Waals surface area contributed by atoms with E-state index in [0.717, 1.165) is 55.0 Å². The summed E-state index contributed by atoms with van der Waals surface area (Å²) in [4.78, 5) is 0. The Morgan fingerprint density at radius 3 is 1.68 bits per heavy atom. The largest absolute Gasteiger partial charge is 0.378 e. The van der Waals surface area contributed by atoms with Gasteiger partial charge >= 0.3 is 0 Å². The third kappa shape index (κ3) is 8.71. The molecule has 0 heterocycles. The Hall–Kier alpha value is -2.56. The van der Waals surface area contributed by atoms with Crippen LogP contribution in [0.25, 0.3) is 0 Å². The van der Waals surface area contributed by atoms with Crippen LogP contribution in [0.15, 0.2) is 133 Å². The fourth-order valence-corrected chi connectivity index (χ4v) is 20.0. The Labute approximate surface area is 349 Å². The molecule has 0 saturated heterocycles. The molecule has 4 aromatic carbocycles. The minimum Gasteiger partial charge on any atom is -0.378 e. The van der Waals surface area contributed by atoms with Gasteiger partial charge in [0.25, 0.3) is 0 Å². The molecule has 4 aliphatic rings. The maximum atomic E-state index is 7.14. The van der Waals surface area contributed by atoms with E-state index in [-0.39, 0.29) is 0 Å². The molecule has 0 aromatic heterocycles. The first-order valence-electron chi connectivity index (χ1n) is 22.9. The lowest BCUT2D eigenvalue weighted by atomic mass is 9.47. The van der Waals surface area contributed by atoms with Gasteiger partial charge in [-0.2, -0.15) is 0 Å². The molecule has 3 fully saturated rings. The van der Waals surface area contributed by atoms with Crippen LogP contribution >= 0.6 is 15.8 Å². The van der Waals surface area contributed by atoms with Gasteiger partial charge in [0.15, 0.2) is 0 Å². The maximum absolute atomic E-state index is 7.14. The Kier molecular flexibility index (Phi) is 13.3. The lowest BCUT2D eigenvalue weighted by Gasteiger charge is -2.58. The smallest absolute Gasteiger partial charge is 0.0612 e. The van der Waals surface area contributed by atoms with E-state index in [1.165, 1.54) is 85.4 Å². The molecule has 4 aromatic rings. The van der Waals surface area contributed by atoms with E-state index < -0.39 is 15.8 Å². The highest BCUT2D eigenvalue weighted by atomic mass is 31.2. The summed E-state index contributed by atoms with van der Waals surface area (Å²) in [5.41, 5.74) is 2.66. The van der Waals surface area contributed by atoms with E-state index in [1.54, 1.807) is 5.57 Å². The van der Waals surface area contributed by atoms with E-state index in [1.807, 2.05) is 0 Å². The highest BCUT2D eigenvalue weighted by Gasteiger charge is 2.59. The minimum atomic E-state index is -0.645. The van der Waals surface area contributed by atoms with Gasteiger partial charge in [-0.3, -0.25) is 0 Å². The number of benzene rings is 4. The van der Waals surface area contributed by atoms with Crippen LogP contribution in [-0.4, -0.2) is 18.1 Å². The molecule has 0 N–H and O–H groups in total. The number of fused-ring (bicyclic) bond motifs is 5. The average Bonchev–Trinajstić information content (AvgIpc) is 3.60. The highest BCUT2D eigenvalue weighted by molar-refractivity contribution is 7.89. The van der Waals surface area contributed by atoms with Gasteiger partial charge in [-0.25, -0.2) is 0 Å². The van der Waals surface area contributed by atoms with Gasteiger partial charge in [0.1, 0.15) is 0 Å². The van der Waals surface area contributed by atoms with Crippen molar-refractivity contribution in [1.29, 1.82) is 0 Å². The zero-order chi connectivity index (χ0) is 39.4. The summed E-state index contributed by atoms with van der Waals surface area (Å²) < 4.78 is 7.14. The highest BCUT2D eigenvalue weighted by Crippen LogP contribution is 2.67. The lowest BCUT2D eigenvalue weighted by molar-refractivity contribution is -0.0639. The van der Waals surface area contributed by atoms with E-state index in [9.17, 15) is 0 Å². The third-order valence-corrected chi connectivity index (χ3v) is 22.2. The van der Waals surface area contributed by atoms with Crippen molar-refractivity contribution in [2.45, 2.75) is 123 Å². The van der Waals surface area contributed by atoms with Crippen molar-refractivity contribution < 1.29 is 4.74 Å². The van der Waals surface area contributed by atoms with E-state index in [0.29, 0.717) is 22.3 Å². The van der Waals surface area contributed by atoms with Gasteiger partial charge < -0.3 is 4.74 Å². The predicted molar refractivity (Wildman–Crippen MR) is 249 cm³/mol. The summed E-state index contributed by atoms with van der Waals surface area (Å²) in [6.45, 7) is 13.6. The second-order valence-electron chi connectivity index (χ2n) is 19.4. The molecule has 3 saturated carbocycles. The van der Waals surface area contributed by atoms with Crippen molar-refractivity contribution >= 4 is 37.1 Å². The van der Waals surface area contributed by atoms with E-state index in [2.05, 4.69) is 162 Å². The molecule has 1 nitrogen and oxygen atoms in total. The SMILES string of the molecule is CC(C)CCC[C@@H](C)[C@H]1CCC2C3CC=C4C[C@@H](OCCC(P(c5ccccc5)c5ccccc5)P(c5ccccc5)c5ccccc5)CC[C@]4(C)C3CC[C@@]21C. The second-order valence-corrected chi connectivity index (χ2v) is 24.6. The van der Waals surface area contributed by atoms with Crippen molar-refractivity contribution in [3.05, 3.63) is 133 Å². The molecular weight excluding hydrogens is 727 g/mol. The lowest BCUT2D eigenvalue weighted by Crippen LogP contribution is -2.51. The van der Waals surface area contributed by atoms with Gasteiger partial charge in [-0.15, -0.1) is 0 Å². The zero-order valence-corrected chi connectivity index (χ0v) is 37.5. The molecule has 0 amide bonds. The normalized spacial score (nSPS) is 28.9. The quantitative estimate of drug-likeness (QED) is 0.0860. The monoisotopic (exact) mass is 796 g/mol.